The van der Waals surface area contributed by atoms with E-state index in [0.717, 1.165) is 18.7 Å². The van der Waals surface area contributed by atoms with E-state index in [1.807, 2.05) is 18.2 Å². The van der Waals surface area contributed by atoms with E-state index in [0.29, 0.717) is 13.2 Å². The van der Waals surface area contributed by atoms with Crippen molar-refractivity contribution in [3.8, 4) is 5.75 Å². The SMILES string of the molecule is CC/C(=C(\c1ccccc1)c1ccc(OCCN(I)C/C=C/C(=O)N(C)C)cc1)c1ccccc1. The molecule has 0 spiro atoms. The van der Waals surface area contributed by atoms with E-state index in [1.54, 1.807) is 25.1 Å². The lowest BCUT2D eigenvalue weighted by molar-refractivity contribution is -0.123. The van der Waals surface area contributed by atoms with Gasteiger partial charge >= 0.3 is 0 Å². The van der Waals surface area contributed by atoms with Crippen LogP contribution in [0.15, 0.2) is 97.1 Å². The molecule has 0 saturated carbocycles. The zero-order valence-electron chi connectivity index (χ0n) is 20.7. The van der Waals surface area contributed by atoms with Crippen LogP contribution in [0.3, 0.4) is 0 Å². The number of allylic oxidation sites excluding steroid dienone is 1. The minimum absolute atomic E-state index is 0.00597. The van der Waals surface area contributed by atoms with Gasteiger partial charge < -0.3 is 9.64 Å². The molecule has 0 bridgehead atoms. The van der Waals surface area contributed by atoms with Crippen LogP contribution in [0.2, 0.25) is 0 Å². The van der Waals surface area contributed by atoms with Gasteiger partial charge in [0.2, 0.25) is 5.91 Å². The summed E-state index contributed by atoms with van der Waals surface area (Å²) >= 11 is 2.26. The Balaban J connectivity index is 1.71. The topological polar surface area (TPSA) is 32.8 Å². The number of hydrogen-bond acceptors (Lipinski definition) is 3. The van der Waals surface area contributed by atoms with Crippen molar-refractivity contribution in [1.82, 2.24) is 8.01 Å². The average Bonchev–Trinajstić information content (AvgIpc) is 2.88. The summed E-state index contributed by atoms with van der Waals surface area (Å²) in [6.07, 6.45) is 4.41. The summed E-state index contributed by atoms with van der Waals surface area (Å²) in [7, 11) is 3.49. The van der Waals surface area contributed by atoms with Gasteiger partial charge in [0.1, 0.15) is 12.4 Å². The summed E-state index contributed by atoms with van der Waals surface area (Å²) < 4.78 is 8.08. The Labute approximate surface area is 223 Å². The average molecular weight is 581 g/mol. The minimum Gasteiger partial charge on any atom is -0.492 e. The molecule has 35 heavy (non-hydrogen) atoms. The van der Waals surface area contributed by atoms with Gasteiger partial charge in [-0.2, -0.15) is 0 Å². The van der Waals surface area contributed by atoms with Gasteiger partial charge in [-0.1, -0.05) is 85.8 Å². The van der Waals surface area contributed by atoms with Crippen LogP contribution in [0.25, 0.3) is 11.1 Å². The molecule has 5 heteroatoms. The van der Waals surface area contributed by atoms with Crippen LogP contribution >= 0.6 is 22.9 Å². The lowest BCUT2D eigenvalue weighted by atomic mass is 9.88. The fourth-order valence-electron chi connectivity index (χ4n) is 3.77. The Kier molecular flexibility index (Phi) is 10.6. The summed E-state index contributed by atoms with van der Waals surface area (Å²) in [5.41, 5.74) is 6.21. The zero-order valence-corrected chi connectivity index (χ0v) is 22.8. The molecule has 0 aliphatic heterocycles. The highest BCUT2D eigenvalue weighted by atomic mass is 127. The lowest BCUT2D eigenvalue weighted by Crippen LogP contribution is -2.21. The number of amides is 1. The van der Waals surface area contributed by atoms with Crippen LogP contribution in [0, 0.1) is 0 Å². The van der Waals surface area contributed by atoms with E-state index < -0.39 is 0 Å². The maximum Gasteiger partial charge on any atom is 0.245 e. The molecular formula is C30H33IN2O2. The lowest BCUT2D eigenvalue weighted by Gasteiger charge is -2.17. The second-order valence-corrected chi connectivity index (χ2v) is 9.68. The number of nitrogens with zero attached hydrogens (tertiary/aromatic N) is 2. The van der Waals surface area contributed by atoms with Gasteiger partial charge in [-0.3, -0.25) is 4.79 Å². The van der Waals surface area contributed by atoms with E-state index in [1.165, 1.54) is 27.8 Å². The van der Waals surface area contributed by atoms with Crippen molar-refractivity contribution in [2.45, 2.75) is 13.3 Å². The molecule has 3 aromatic rings. The van der Waals surface area contributed by atoms with E-state index in [2.05, 4.69) is 106 Å². The summed E-state index contributed by atoms with van der Waals surface area (Å²) in [6, 6.07) is 29.6. The van der Waals surface area contributed by atoms with Gasteiger partial charge in [-0.05, 0) is 46.4 Å². The van der Waals surface area contributed by atoms with Crippen LogP contribution in [0.4, 0.5) is 0 Å². The molecule has 0 unspecified atom stereocenters. The molecule has 0 aliphatic rings. The molecule has 3 rings (SSSR count). The molecule has 0 aromatic heterocycles. The normalized spacial score (nSPS) is 12.0. The quantitative estimate of drug-likeness (QED) is 0.109. The Morgan fingerprint density at radius 2 is 1.43 bits per heavy atom. The first-order chi connectivity index (χ1) is 17.0. The summed E-state index contributed by atoms with van der Waals surface area (Å²) in [4.78, 5) is 13.2. The monoisotopic (exact) mass is 580 g/mol. The van der Waals surface area contributed by atoms with E-state index in [-0.39, 0.29) is 5.91 Å². The van der Waals surface area contributed by atoms with Gasteiger partial charge in [-0.25, -0.2) is 3.11 Å². The van der Waals surface area contributed by atoms with Gasteiger partial charge in [0.15, 0.2) is 0 Å². The predicted octanol–water partition coefficient (Wildman–Crippen LogP) is 6.73. The molecular weight excluding hydrogens is 547 g/mol. The highest BCUT2D eigenvalue weighted by Gasteiger charge is 2.13. The Hall–Kier alpha value is -2.90. The van der Waals surface area contributed by atoms with Crippen LogP contribution in [-0.2, 0) is 4.79 Å². The number of hydrogen-bond donors (Lipinski definition) is 0. The van der Waals surface area contributed by atoms with Gasteiger partial charge in [0.25, 0.3) is 0 Å². The molecule has 0 fully saturated rings. The zero-order chi connectivity index (χ0) is 25.0. The van der Waals surface area contributed by atoms with E-state index >= 15 is 0 Å². The summed E-state index contributed by atoms with van der Waals surface area (Å²) in [5, 5.41) is 0. The molecule has 4 nitrogen and oxygen atoms in total. The third kappa shape index (κ3) is 8.08. The fraction of sp³-hybridized carbons (Fsp3) is 0.233. The van der Waals surface area contributed by atoms with Crippen molar-refractivity contribution in [2.24, 2.45) is 0 Å². The van der Waals surface area contributed by atoms with Crippen molar-refractivity contribution in [1.29, 1.82) is 0 Å². The second kappa shape index (κ2) is 13.9. The second-order valence-electron chi connectivity index (χ2n) is 8.32. The highest BCUT2D eigenvalue weighted by molar-refractivity contribution is 14.1. The molecule has 0 heterocycles. The minimum atomic E-state index is -0.00597. The standard InChI is InChI=1S/C30H33IN2O2/c1-4-28(24-12-7-5-8-13-24)30(25-14-9-6-10-15-25)26-17-19-27(20-18-26)35-23-22-33(31)21-11-16-29(34)32(2)3/h5-20H,4,21-23H2,1-3H3/b16-11+,30-28-. The van der Waals surface area contributed by atoms with Crippen molar-refractivity contribution in [3.05, 3.63) is 114 Å². The molecule has 1 amide bonds. The number of carbonyl (C=O) groups is 1. The van der Waals surface area contributed by atoms with Gasteiger partial charge in [0.05, 0.1) is 0 Å². The smallest absolute Gasteiger partial charge is 0.245 e. The molecule has 0 radical (unpaired) electrons. The van der Waals surface area contributed by atoms with Gasteiger partial charge in [0, 0.05) is 56.1 Å². The number of ether oxygens (including phenoxy) is 1. The van der Waals surface area contributed by atoms with Crippen molar-refractivity contribution < 1.29 is 9.53 Å². The van der Waals surface area contributed by atoms with E-state index in [4.69, 9.17) is 4.74 Å². The third-order valence-electron chi connectivity index (χ3n) is 5.59. The maximum absolute atomic E-state index is 11.6. The molecule has 3 aromatic carbocycles. The Morgan fingerprint density at radius 3 is 2.00 bits per heavy atom. The van der Waals surface area contributed by atoms with Crippen molar-refractivity contribution in [2.75, 3.05) is 33.8 Å². The first kappa shape index (κ1) is 26.7. The molecule has 0 aliphatic carbocycles. The Bertz CT molecular complexity index is 1120. The van der Waals surface area contributed by atoms with Crippen LogP contribution < -0.4 is 4.74 Å². The fourth-order valence-corrected chi connectivity index (χ4v) is 4.20. The van der Waals surface area contributed by atoms with E-state index in [9.17, 15) is 4.79 Å². The molecule has 0 N–H and O–H groups in total. The molecule has 0 atom stereocenters. The number of rotatable bonds is 11. The largest absolute Gasteiger partial charge is 0.492 e. The number of carbonyl (C=O) groups excluding carboxylic acids is 1. The summed E-state index contributed by atoms with van der Waals surface area (Å²) in [5.74, 6) is 0.843. The first-order valence-corrected chi connectivity index (χ1v) is 12.8. The number of benzene rings is 3. The number of likely N-dealkylation sites (N-methyl/N-ethyl adjacent to an activating group) is 1. The molecule has 182 valence electrons. The highest BCUT2D eigenvalue weighted by Crippen LogP contribution is 2.34. The summed E-state index contributed by atoms with van der Waals surface area (Å²) in [6.45, 7) is 4.23. The third-order valence-corrected chi connectivity index (χ3v) is 6.47. The maximum atomic E-state index is 11.6. The van der Waals surface area contributed by atoms with Crippen molar-refractivity contribution in [3.63, 3.8) is 0 Å². The van der Waals surface area contributed by atoms with Crippen LogP contribution in [0.5, 0.6) is 5.75 Å². The predicted molar refractivity (Wildman–Crippen MR) is 154 cm³/mol. The Morgan fingerprint density at radius 1 is 0.857 bits per heavy atom. The number of halogens is 1. The van der Waals surface area contributed by atoms with Gasteiger partial charge in [-0.15, -0.1) is 0 Å². The first-order valence-electron chi connectivity index (χ1n) is 11.9. The van der Waals surface area contributed by atoms with Crippen molar-refractivity contribution >= 4 is 39.9 Å². The van der Waals surface area contributed by atoms with Crippen LogP contribution in [0.1, 0.15) is 30.0 Å². The molecule has 0 saturated heterocycles. The van der Waals surface area contributed by atoms with Crippen LogP contribution in [-0.4, -0.2) is 47.7 Å².